The molecule has 0 aliphatic carbocycles. The van der Waals surface area contributed by atoms with Gasteiger partial charge in [-0.25, -0.2) is 14.6 Å². The molecule has 13 nitrogen and oxygen atoms in total. The summed E-state index contributed by atoms with van der Waals surface area (Å²) in [5.41, 5.74) is 6.59. The van der Waals surface area contributed by atoms with Crippen LogP contribution in [0.1, 0.15) is 89.4 Å². The molecule has 0 spiro atoms. The number of amides is 4. The van der Waals surface area contributed by atoms with Crippen molar-refractivity contribution in [1.29, 1.82) is 0 Å². The first-order valence-corrected chi connectivity index (χ1v) is 20.7. The Hall–Kier alpha value is -5.55. The number of hydrogen-bond donors (Lipinski definition) is 3. The quantitative estimate of drug-likeness (QED) is 0.190. The zero-order valence-corrected chi connectivity index (χ0v) is 35.2. The Bertz CT molecular complexity index is 2130. The van der Waals surface area contributed by atoms with E-state index >= 15 is 0 Å². The minimum absolute atomic E-state index is 0.106. The molecule has 0 saturated carbocycles. The fourth-order valence-electron chi connectivity index (χ4n) is 7.70. The van der Waals surface area contributed by atoms with Crippen molar-refractivity contribution in [1.82, 2.24) is 30.4 Å². The zero-order chi connectivity index (χ0) is 41.7. The molecule has 3 aliphatic rings. The number of benzene rings is 2. The second kappa shape index (κ2) is 17.9. The highest BCUT2D eigenvalue weighted by molar-refractivity contribution is 8.00. The van der Waals surface area contributed by atoms with Crippen LogP contribution in [0.15, 0.2) is 65.9 Å². The number of imidazole rings is 1. The standard InChI is InChI=1S/C44H53N7O6S/c1-26(2)36(48-42(54)56-7)40(52)50-21-9-10-35(50)39-46-24-34(47-39)31-19-15-29(16-20-31)12-11-28-13-17-30(18-14-28)32-22-33(45-23-32)38-44(5,6)58-25-51(38)41(53)37(27(3)4)49-43(55)57-8/h13-20,23-24,26-27,35-38H,9-10,21-22,25H2,1-8H3,(H,46,47)(H,48,54)(H,49,55)/t35-,36-,37-,38+/m0/s1. The minimum Gasteiger partial charge on any atom is -0.453 e. The molecule has 2 saturated heterocycles. The number of carbonyl (C=O) groups is 4. The third-order valence-corrected chi connectivity index (χ3v) is 12.3. The fraction of sp³-hybridized carbons (Fsp3) is 0.455. The molecular weight excluding hydrogens is 755 g/mol. The largest absolute Gasteiger partial charge is 0.453 e. The molecule has 3 aliphatic heterocycles. The predicted molar refractivity (Wildman–Crippen MR) is 226 cm³/mol. The first kappa shape index (κ1) is 42.1. The summed E-state index contributed by atoms with van der Waals surface area (Å²) in [6.45, 7) is 12.5. The van der Waals surface area contributed by atoms with E-state index in [1.54, 1.807) is 22.9 Å². The van der Waals surface area contributed by atoms with Gasteiger partial charge in [0.1, 0.15) is 17.9 Å². The van der Waals surface area contributed by atoms with Gasteiger partial charge in [-0.1, -0.05) is 63.8 Å². The van der Waals surface area contributed by atoms with E-state index < -0.39 is 24.3 Å². The van der Waals surface area contributed by atoms with Crippen molar-refractivity contribution in [2.75, 3.05) is 26.6 Å². The predicted octanol–water partition coefficient (Wildman–Crippen LogP) is 6.77. The normalized spacial score (nSPS) is 19.6. The third kappa shape index (κ3) is 9.26. The Labute approximate surface area is 344 Å². The summed E-state index contributed by atoms with van der Waals surface area (Å²) in [6, 6.07) is 14.2. The molecule has 58 heavy (non-hydrogen) atoms. The molecule has 0 radical (unpaired) electrons. The van der Waals surface area contributed by atoms with Gasteiger partial charge in [0.25, 0.3) is 0 Å². The van der Waals surface area contributed by atoms with Gasteiger partial charge in [-0.05, 0) is 79.5 Å². The van der Waals surface area contributed by atoms with Crippen LogP contribution in [0.3, 0.4) is 0 Å². The van der Waals surface area contributed by atoms with Gasteiger partial charge in [0.05, 0.1) is 44.1 Å². The molecule has 2 aromatic carbocycles. The number of nitrogens with zero attached hydrogens (tertiary/aromatic N) is 4. The molecule has 6 rings (SSSR count). The SMILES string of the molecule is COC(=O)N[C@H](C(=O)N1CCC[C@H]1c1ncc(-c2ccc(C#Cc3ccc(C4=CN=C([C@H]5N(C(=O)[C@@H](NC(=O)OC)C(C)C)CSC5(C)C)C4)cc3)cc2)[nH]1)C(C)C. The van der Waals surface area contributed by atoms with E-state index in [2.05, 4.69) is 58.4 Å². The van der Waals surface area contributed by atoms with Crippen LogP contribution in [0.4, 0.5) is 9.59 Å². The van der Waals surface area contributed by atoms with Gasteiger partial charge in [-0.2, -0.15) is 0 Å². The van der Waals surface area contributed by atoms with Crippen molar-refractivity contribution in [3.8, 4) is 23.1 Å². The van der Waals surface area contributed by atoms with Gasteiger partial charge in [-0.15, -0.1) is 11.8 Å². The Morgan fingerprint density at radius 2 is 1.40 bits per heavy atom. The summed E-state index contributed by atoms with van der Waals surface area (Å²) in [4.78, 5) is 67.9. The molecule has 0 unspecified atom stereocenters. The molecule has 3 N–H and O–H groups in total. The number of rotatable bonds is 10. The Kier molecular flexibility index (Phi) is 13.0. The summed E-state index contributed by atoms with van der Waals surface area (Å²) >= 11 is 1.71. The maximum absolute atomic E-state index is 13.8. The number of thioether (sulfide) groups is 1. The minimum atomic E-state index is -0.702. The summed E-state index contributed by atoms with van der Waals surface area (Å²) in [6.07, 6.45) is 4.67. The molecule has 1 aromatic heterocycles. The average molecular weight is 808 g/mol. The van der Waals surface area contributed by atoms with E-state index in [9.17, 15) is 19.2 Å². The van der Waals surface area contributed by atoms with Crippen molar-refractivity contribution in [2.45, 2.75) is 89.7 Å². The molecule has 14 heteroatoms. The van der Waals surface area contributed by atoms with Gasteiger partial charge in [-0.3, -0.25) is 14.6 Å². The molecule has 306 valence electrons. The second-order valence-corrected chi connectivity index (χ2v) is 17.6. The summed E-state index contributed by atoms with van der Waals surface area (Å²) in [5, 5.41) is 5.41. The first-order valence-electron chi connectivity index (χ1n) is 19.7. The van der Waals surface area contributed by atoms with Crippen LogP contribution in [0.25, 0.3) is 16.8 Å². The number of methoxy groups -OCH3 is 2. The van der Waals surface area contributed by atoms with Crippen molar-refractivity contribution in [3.05, 3.63) is 83.4 Å². The van der Waals surface area contributed by atoms with E-state index in [-0.39, 0.29) is 40.5 Å². The number of H-pyrrole nitrogens is 1. The lowest BCUT2D eigenvalue weighted by Gasteiger charge is -2.34. The lowest BCUT2D eigenvalue weighted by atomic mass is 9.91. The van der Waals surface area contributed by atoms with Crippen LogP contribution in [0.5, 0.6) is 0 Å². The highest BCUT2D eigenvalue weighted by Gasteiger charge is 2.48. The highest BCUT2D eigenvalue weighted by atomic mass is 32.2. The topological polar surface area (TPSA) is 158 Å². The monoisotopic (exact) mass is 807 g/mol. The smallest absolute Gasteiger partial charge is 0.407 e. The summed E-state index contributed by atoms with van der Waals surface area (Å²) in [5.74, 6) is 7.26. The van der Waals surface area contributed by atoms with Crippen LogP contribution in [0, 0.1) is 23.7 Å². The second-order valence-electron chi connectivity index (χ2n) is 16.0. The molecule has 4 amide bonds. The van der Waals surface area contributed by atoms with Crippen LogP contribution < -0.4 is 10.6 Å². The number of likely N-dealkylation sites (tertiary alicyclic amines) is 1. The molecule has 0 bridgehead atoms. The number of alkyl carbamates (subject to hydrolysis) is 2. The molecule has 2 fully saturated rings. The van der Waals surface area contributed by atoms with Crippen molar-refractivity contribution >= 4 is 47.0 Å². The van der Waals surface area contributed by atoms with E-state index in [1.165, 1.54) is 14.2 Å². The van der Waals surface area contributed by atoms with E-state index in [0.717, 1.165) is 52.1 Å². The number of allylic oxidation sites excluding steroid dienone is 1. The van der Waals surface area contributed by atoms with Crippen molar-refractivity contribution in [2.24, 2.45) is 16.8 Å². The molecule has 4 heterocycles. The average Bonchev–Trinajstić information content (AvgIpc) is 4.04. The lowest BCUT2D eigenvalue weighted by molar-refractivity contribution is -0.135. The highest BCUT2D eigenvalue weighted by Crippen LogP contribution is 2.43. The number of aromatic nitrogens is 2. The van der Waals surface area contributed by atoms with Crippen LogP contribution >= 0.6 is 11.8 Å². The first-order chi connectivity index (χ1) is 27.7. The summed E-state index contributed by atoms with van der Waals surface area (Å²) < 4.78 is 9.29. The number of aromatic amines is 1. The Morgan fingerprint density at radius 1 is 0.845 bits per heavy atom. The van der Waals surface area contributed by atoms with Crippen molar-refractivity contribution < 1.29 is 28.7 Å². The van der Waals surface area contributed by atoms with Crippen molar-refractivity contribution in [3.63, 3.8) is 0 Å². The van der Waals surface area contributed by atoms with E-state index in [4.69, 9.17) is 14.5 Å². The van der Waals surface area contributed by atoms with Gasteiger partial charge in [0.2, 0.25) is 11.8 Å². The number of carbonyl (C=O) groups excluding carboxylic acids is 4. The summed E-state index contributed by atoms with van der Waals surface area (Å²) in [7, 11) is 2.58. The number of ether oxygens (including phenoxy) is 2. The van der Waals surface area contributed by atoms with Gasteiger partial charge >= 0.3 is 12.2 Å². The third-order valence-electron chi connectivity index (χ3n) is 10.9. The molecular formula is C44H53N7O6S. The number of nitrogens with one attached hydrogen (secondary N) is 3. The van der Waals surface area contributed by atoms with Gasteiger partial charge in [0.15, 0.2) is 0 Å². The van der Waals surface area contributed by atoms with Crippen LogP contribution in [0.2, 0.25) is 0 Å². The molecule has 3 aromatic rings. The van der Waals surface area contributed by atoms with Gasteiger partial charge in [0, 0.05) is 40.8 Å². The van der Waals surface area contributed by atoms with Gasteiger partial charge < -0.3 is 34.9 Å². The Morgan fingerprint density at radius 3 is 1.95 bits per heavy atom. The van der Waals surface area contributed by atoms with E-state index in [0.29, 0.717) is 24.7 Å². The van der Waals surface area contributed by atoms with Crippen LogP contribution in [-0.4, -0.2) is 99.0 Å². The maximum Gasteiger partial charge on any atom is 0.407 e. The zero-order valence-electron chi connectivity index (χ0n) is 34.4. The maximum atomic E-state index is 13.8. The lowest BCUT2D eigenvalue weighted by Crippen LogP contribution is -2.56. The Balaban J connectivity index is 1.07. The van der Waals surface area contributed by atoms with Crippen LogP contribution in [-0.2, 0) is 19.1 Å². The fourth-order valence-corrected chi connectivity index (χ4v) is 8.87. The van der Waals surface area contributed by atoms with E-state index in [1.807, 2.05) is 75.2 Å². The number of aliphatic imine (C=N–C) groups is 1. The number of hydrogen-bond acceptors (Lipinski definition) is 9. The molecule has 4 atom stereocenters.